The highest BCUT2D eigenvalue weighted by Gasteiger charge is 2.48. The van der Waals surface area contributed by atoms with Gasteiger partial charge in [-0.1, -0.05) is 26.0 Å². The van der Waals surface area contributed by atoms with Gasteiger partial charge in [0.05, 0.1) is 16.3 Å². The van der Waals surface area contributed by atoms with Gasteiger partial charge in [0.15, 0.2) is 0 Å². The van der Waals surface area contributed by atoms with Gasteiger partial charge in [0, 0.05) is 25.2 Å². The van der Waals surface area contributed by atoms with Gasteiger partial charge in [0.25, 0.3) is 5.69 Å². The van der Waals surface area contributed by atoms with Crippen molar-refractivity contribution in [2.24, 2.45) is 5.92 Å². The van der Waals surface area contributed by atoms with Crippen molar-refractivity contribution >= 4 is 15.7 Å². The molecule has 1 heterocycles. The molecule has 8 heteroatoms. The van der Waals surface area contributed by atoms with Crippen LogP contribution in [0.25, 0.3) is 0 Å². The summed E-state index contributed by atoms with van der Waals surface area (Å²) in [5, 5.41) is 20.7. The molecule has 0 amide bonds. The molecule has 0 unspecified atom stereocenters. The van der Waals surface area contributed by atoms with Crippen molar-refractivity contribution in [3.05, 3.63) is 39.9 Å². The molecule has 0 spiro atoms. The molecule has 1 aliphatic heterocycles. The first-order valence-corrected chi connectivity index (χ1v) is 8.18. The molecule has 0 atom stereocenters. The first-order valence-electron chi connectivity index (χ1n) is 6.57. The van der Waals surface area contributed by atoms with Gasteiger partial charge < -0.3 is 5.11 Å². The van der Waals surface area contributed by atoms with E-state index in [2.05, 4.69) is 0 Å². The van der Waals surface area contributed by atoms with Crippen LogP contribution >= 0.6 is 0 Å². The minimum Gasteiger partial charge on any atom is -0.387 e. The summed E-state index contributed by atoms with van der Waals surface area (Å²) < 4.78 is 25.6. The van der Waals surface area contributed by atoms with Gasteiger partial charge in [-0.15, -0.1) is 0 Å². The first kappa shape index (κ1) is 15.9. The third kappa shape index (κ3) is 3.22. The zero-order chi connectivity index (χ0) is 15.8. The molecular weight excluding hydrogens is 296 g/mol. The molecule has 0 saturated carbocycles. The highest BCUT2D eigenvalue weighted by molar-refractivity contribution is 7.88. The fourth-order valence-corrected chi connectivity index (χ4v) is 3.78. The number of hydrogen-bond donors (Lipinski definition) is 1. The molecule has 7 nitrogen and oxygen atoms in total. The zero-order valence-corrected chi connectivity index (χ0v) is 12.7. The summed E-state index contributed by atoms with van der Waals surface area (Å²) >= 11 is 0. The Morgan fingerprint density at radius 1 is 1.33 bits per heavy atom. The van der Waals surface area contributed by atoms with Crippen molar-refractivity contribution in [1.82, 2.24) is 4.31 Å². The maximum Gasteiger partial charge on any atom is 0.269 e. The van der Waals surface area contributed by atoms with Crippen molar-refractivity contribution in [1.29, 1.82) is 0 Å². The third-order valence-electron chi connectivity index (χ3n) is 3.86. The van der Waals surface area contributed by atoms with E-state index in [1.54, 1.807) is 0 Å². The predicted molar refractivity (Wildman–Crippen MR) is 77.1 cm³/mol. The van der Waals surface area contributed by atoms with Crippen LogP contribution in [0, 0.1) is 16.0 Å². The summed E-state index contributed by atoms with van der Waals surface area (Å²) in [7, 11) is -3.51. The van der Waals surface area contributed by atoms with Gasteiger partial charge in [-0.25, -0.2) is 8.42 Å². The Labute approximate surface area is 123 Å². The van der Waals surface area contributed by atoms with E-state index in [1.165, 1.54) is 28.6 Å². The van der Waals surface area contributed by atoms with Crippen LogP contribution in [0.15, 0.2) is 24.3 Å². The van der Waals surface area contributed by atoms with E-state index >= 15 is 0 Å². The number of nitro groups is 1. The van der Waals surface area contributed by atoms with Gasteiger partial charge in [-0.2, -0.15) is 4.31 Å². The lowest BCUT2D eigenvalue weighted by atomic mass is 9.85. The summed E-state index contributed by atoms with van der Waals surface area (Å²) in [5.41, 5.74) is -0.544. The van der Waals surface area contributed by atoms with Crippen LogP contribution in [0.3, 0.4) is 0 Å². The molecule has 0 radical (unpaired) electrons. The minimum atomic E-state index is -3.51. The van der Waals surface area contributed by atoms with Crippen molar-refractivity contribution in [2.45, 2.75) is 25.2 Å². The summed E-state index contributed by atoms with van der Waals surface area (Å²) in [5.74, 6) is -0.234. The Kier molecular flexibility index (Phi) is 4.05. The lowest BCUT2D eigenvalue weighted by Gasteiger charge is -2.47. The van der Waals surface area contributed by atoms with Crippen LogP contribution in [0.2, 0.25) is 0 Å². The Balaban J connectivity index is 2.04. The van der Waals surface area contributed by atoms with Crippen LogP contribution in [0.5, 0.6) is 0 Å². The van der Waals surface area contributed by atoms with Crippen LogP contribution in [-0.4, -0.2) is 41.4 Å². The molecule has 21 heavy (non-hydrogen) atoms. The van der Waals surface area contributed by atoms with E-state index in [0.717, 1.165) is 0 Å². The predicted octanol–water partition coefficient (Wildman–Crippen LogP) is 1.13. The van der Waals surface area contributed by atoms with Gasteiger partial charge in [0.2, 0.25) is 10.0 Å². The quantitative estimate of drug-likeness (QED) is 0.648. The normalized spacial score (nSPS) is 18.5. The summed E-state index contributed by atoms with van der Waals surface area (Å²) in [6.45, 7) is 3.89. The van der Waals surface area contributed by atoms with Gasteiger partial charge in [-0.05, 0) is 11.5 Å². The topological polar surface area (TPSA) is 101 Å². The fraction of sp³-hybridized carbons (Fsp3) is 0.538. The van der Waals surface area contributed by atoms with Crippen molar-refractivity contribution in [3.63, 3.8) is 0 Å². The Morgan fingerprint density at radius 2 is 1.86 bits per heavy atom. The second-order valence-corrected chi connectivity index (χ2v) is 7.68. The number of sulfonamides is 1. The van der Waals surface area contributed by atoms with Crippen molar-refractivity contribution in [3.8, 4) is 0 Å². The number of non-ortho nitro benzene ring substituents is 1. The monoisotopic (exact) mass is 314 g/mol. The molecule has 0 aliphatic carbocycles. The van der Waals surface area contributed by atoms with Crippen molar-refractivity contribution in [2.75, 3.05) is 13.1 Å². The number of aliphatic hydroxyl groups is 1. The number of β-amino-alcohol motifs (C(OH)–C–C–N with tert-alkyl or cyclic N) is 1. The van der Waals surface area contributed by atoms with Gasteiger partial charge in [0.1, 0.15) is 0 Å². The summed E-state index contributed by atoms with van der Waals surface area (Å²) in [6.07, 6.45) is 0. The Hall–Kier alpha value is -1.51. The standard InChI is InChI=1S/C13H18N2O5S/c1-10(2)13(16)8-14(9-13)21(19,20)7-11-3-5-12(6-4-11)15(17)18/h3-6,10,16H,7-9H2,1-2H3. The highest BCUT2D eigenvalue weighted by atomic mass is 32.2. The second-order valence-electron chi connectivity index (χ2n) is 5.71. The lowest BCUT2D eigenvalue weighted by Crippen LogP contribution is -2.65. The van der Waals surface area contributed by atoms with E-state index in [4.69, 9.17) is 0 Å². The molecule has 116 valence electrons. The largest absolute Gasteiger partial charge is 0.387 e. The molecule has 1 aromatic carbocycles. The van der Waals surface area contributed by atoms with Crippen LogP contribution < -0.4 is 0 Å². The van der Waals surface area contributed by atoms with E-state index in [-0.39, 0.29) is 30.4 Å². The molecule has 0 bridgehead atoms. The first-order chi connectivity index (χ1) is 9.64. The number of benzene rings is 1. The molecular formula is C13H18N2O5S. The highest BCUT2D eigenvalue weighted by Crippen LogP contribution is 2.31. The van der Waals surface area contributed by atoms with E-state index < -0.39 is 20.5 Å². The third-order valence-corrected chi connectivity index (χ3v) is 5.61. The van der Waals surface area contributed by atoms with Gasteiger partial charge in [-0.3, -0.25) is 10.1 Å². The maximum atomic E-state index is 12.2. The zero-order valence-electron chi connectivity index (χ0n) is 11.9. The number of nitrogens with zero attached hydrogens (tertiary/aromatic N) is 2. The molecule has 0 aromatic heterocycles. The number of rotatable bonds is 5. The van der Waals surface area contributed by atoms with E-state index in [1.807, 2.05) is 13.8 Å². The lowest BCUT2D eigenvalue weighted by molar-refractivity contribution is -0.384. The molecule has 1 fully saturated rings. The molecule has 2 rings (SSSR count). The second kappa shape index (κ2) is 5.36. The average Bonchev–Trinajstić information content (AvgIpc) is 2.34. The minimum absolute atomic E-state index is 0.0108. The van der Waals surface area contributed by atoms with Crippen molar-refractivity contribution < 1.29 is 18.4 Å². The van der Waals surface area contributed by atoms with E-state index in [0.29, 0.717) is 5.56 Å². The summed E-state index contributed by atoms with van der Waals surface area (Å²) in [6, 6.07) is 5.44. The molecule has 1 saturated heterocycles. The Bertz CT molecular complexity index is 633. The maximum absolute atomic E-state index is 12.2. The molecule has 1 aromatic rings. The fourth-order valence-electron chi connectivity index (χ4n) is 2.14. The van der Waals surface area contributed by atoms with E-state index in [9.17, 15) is 23.6 Å². The number of nitro benzene ring substituents is 1. The van der Waals surface area contributed by atoms with Crippen LogP contribution in [0.4, 0.5) is 5.69 Å². The van der Waals surface area contributed by atoms with Crippen LogP contribution in [0.1, 0.15) is 19.4 Å². The Morgan fingerprint density at radius 3 is 2.29 bits per heavy atom. The van der Waals surface area contributed by atoms with Gasteiger partial charge >= 0.3 is 0 Å². The number of hydrogen-bond acceptors (Lipinski definition) is 5. The SMILES string of the molecule is CC(C)C1(O)CN(S(=O)(=O)Cc2ccc([N+](=O)[O-])cc2)C1. The average molecular weight is 314 g/mol. The van der Waals surface area contributed by atoms with Crippen LogP contribution in [-0.2, 0) is 15.8 Å². The summed E-state index contributed by atoms with van der Waals surface area (Å²) in [4.78, 5) is 10.0. The molecule has 1 aliphatic rings. The molecule has 1 N–H and O–H groups in total. The smallest absolute Gasteiger partial charge is 0.269 e.